The summed E-state index contributed by atoms with van der Waals surface area (Å²) >= 11 is 0. The summed E-state index contributed by atoms with van der Waals surface area (Å²) < 4.78 is 4.73. The number of carbonyl (C=O) groups excluding carboxylic acids is 1. The minimum atomic E-state index is -1.65. The summed E-state index contributed by atoms with van der Waals surface area (Å²) in [4.78, 5) is 11.9. The third-order valence-corrected chi connectivity index (χ3v) is 2.94. The lowest BCUT2D eigenvalue weighted by atomic mass is 9.82. The predicted octanol–water partition coefficient (Wildman–Crippen LogP) is 1.79. The second-order valence-electron chi connectivity index (χ2n) is 3.92. The summed E-state index contributed by atoms with van der Waals surface area (Å²) in [5.74, 6) is -1.04. The SMILES string of the molecule is COC(=O)C(O)(c1ccccc1)C1C=CC=C1. The highest BCUT2D eigenvalue weighted by Gasteiger charge is 2.45. The highest BCUT2D eigenvalue weighted by molar-refractivity contribution is 5.82. The Morgan fingerprint density at radius 3 is 2.35 bits per heavy atom. The van der Waals surface area contributed by atoms with E-state index in [1.807, 2.05) is 18.2 Å². The standard InChI is InChI=1S/C14H14O3/c1-17-13(15)14(16,12-9-5-6-10-12)11-7-3-2-4-8-11/h2-10,12,16H,1H3. The molecular formula is C14H14O3. The molecule has 1 aromatic rings. The fourth-order valence-corrected chi connectivity index (χ4v) is 2.00. The Labute approximate surface area is 100 Å². The van der Waals surface area contributed by atoms with Crippen molar-refractivity contribution < 1.29 is 14.6 Å². The first kappa shape index (κ1) is 11.6. The molecule has 0 fully saturated rings. The van der Waals surface area contributed by atoms with Gasteiger partial charge in [0.1, 0.15) is 0 Å². The van der Waals surface area contributed by atoms with Gasteiger partial charge >= 0.3 is 5.97 Å². The third kappa shape index (κ3) is 1.89. The van der Waals surface area contributed by atoms with E-state index < -0.39 is 17.5 Å². The second kappa shape index (κ2) is 4.55. The van der Waals surface area contributed by atoms with Crippen LogP contribution in [0.5, 0.6) is 0 Å². The fraction of sp³-hybridized carbons (Fsp3) is 0.214. The Bertz CT molecular complexity index is 450. The lowest BCUT2D eigenvalue weighted by Gasteiger charge is -2.29. The van der Waals surface area contributed by atoms with Gasteiger partial charge in [-0.05, 0) is 5.56 Å². The Hall–Kier alpha value is -1.87. The van der Waals surface area contributed by atoms with Crippen molar-refractivity contribution in [2.75, 3.05) is 7.11 Å². The molecule has 3 heteroatoms. The van der Waals surface area contributed by atoms with Crippen molar-refractivity contribution in [1.29, 1.82) is 0 Å². The van der Waals surface area contributed by atoms with Crippen LogP contribution in [0.3, 0.4) is 0 Å². The minimum absolute atomic E-state index is 0.391. The molecule has 1 unspecified atom stereocenters. The Morgan fingerprint density at radius 2 is 1.82 bits per heavy atom. The number of esters is 1. The highest BCUT2D eigenvalue weighted by atomic mass is 16.5. The van der Waals surface area contributed by atoms with Crippen molar-refractivity contribution in [2.24, 2.45) is 5.92 Å². The molecule has 0 radical (unpaired) electrons. The van der Waals surface area contributed by atoms with Crippen molar-refractivity contribution in [3.8, 4) is 0 Å². The molecule has 0 heterocycles. The molecule has 1 aliphatic carbocycles. The monoisotopic (exact) mass is 230 g/mol. The molecule has 1 aromatic carbocycles. The van der Waals surface area contributed by atoms with E-state index in [4.69, 9.17) is 4.74 Å². The largest absolute Gasteiger partial charge is 0.467 e. The fourth-order valence-electron chi connectivity index (χ4n) is 2.00. The quantitative estimate of drug-likeness (QED) is 0.805. The lowest BCUT2D eigenvalue weighted by Crippen LogP contribution is -2.42. The number of carbonyl (C=O) groups is 1. The number of allylic oxidation sites excluding steroid dienone is 2. The van der Waals surface area contributed by atoms with Crippen LogP contribution in [0.4, 0.5) is 0 Å². The van der Waals surface area contributed by atoms with Crippen molar-refractivity contribution in [3.63, 3.8) is 0 Å². The Balaban J connectivity index is 2.47. The van der Waals surface area contributed by atoms with Crippen LogP contribution in [-0.2, 0) is 15.1 Å². The first-order valence-corrected chi connectivity index (χ1v) is 5.41. The van der Waals surface area contributed by atoms with Gasteiger partial charge in [0.15, 0.2) is 5.60 Å². The average Bonchev–Trinajstić information content (AvgIpc) is 2.92. The first-order valence-electron chi connectivity index (χ1n) is 5.41. The first-order chi connectivity index (χ1) is 8.19. The molecule has 17 heavy (non-hydrogen) atoms. The molecule has 1 aliphatic rings. The number of benzene rings is 1. The number of hydrogen-bond donors (Lipinski definition) is 1. The van der Waals surface area contributed by atoms with E-state index in [1.165, 1.54) is 7.11 Å². The lowest BCUT2D eigenvalue weighted by molar-refractivity contribution is -0.166. The van der Waals surface area contributed by atoms with Crippen LogP contribution >= 0.6 is 0 Å². The maximum absolute atomic E-state index is 11.9. The zero-order chi connectivity index (χ0) is 12.3. The van der Waals surface area contributed by atoms with Crippen LogP contribution in [0.2, 0.25) is 0 Å². The van der Waals surface area contributed by atoms with Crippen LogP contribution in [0.1, 0.15) is 5.56 Å². The molecule has 0 saturated carbocycles. The molecule has 3 nitrogen and oxygen atoms in total. The van der Waals surface area contributed by atoms with Crippen LogP contribution in [-0.4, -0.2) is 18.2 Å². The van der Waals surface area contributed by atoms with E-state index in [1.54, 1.807) is 36.4 Å². The van der Waals surface area contributed by atoms with Crippen molar-refractivity contribution in [1.82, 2.24) is 0 Å². The van der Waals surface area contributed by atoms with Crippen molar-refractivity contribution >= 4 is 5.97 Å². The summed E-state index contributed by atoms with van der Waals surface area (Å²) in [6.45, 7) is 0. The predicted molar refractivity (Wildman–Crippen MR) is 64.1 cm³/mol. The van der Waals surface area contributed by atoms with Crippen LogP contribution in [0.15, 0.2) is 54.6 Å². The van der Waals surface area contributed by atoms with Gasteiger partial charge in [0.25, 0.3) is 0 Å². The van der Waals surface area contributed by atoms with Crippen LogP contribution in [0, 0.1) is 5.92 Å². The molecule has 0 aromatic heterocycles. The summed E-state index contributed by atoms with van der Waals surface area (Å²) in [6.07, 6.45) is 7.18. The van der Waals surface area contributed by atoms with Crippen molar-refractivity contribution in [2.45, 2.75) is 5.60 Å². The number of methoxy groups -OCH3 is 1. The number of rotatable bonds is 3. The van der Waals surface area contributed by atoms with Gasteiger partial charge in [-0.1, -0.05) is 54.6 Å². The van der Waals surface area contributed by atoms with E-state index in [0.717, 1.165) is 0 Å². The summed E-state index contributed by atoms with van der Waals surface area (Å²) in [7, 11) is 1.28. The number of hydrogen-bond acceptors (Lipinski definition) is 3. The van der Waals surface area contributed by atoms with Gasteiger partial charge in [0, 0.05) is 5.92 Å². The molecule has 0 amide bonds. The summed E-state index contributed by atoms with van der Waals surface area (Å²) in [6, 6.07) is 8.84. The third-order valence-electron chi connectivity index (χ3n) is 2.94. The van der Waals surface area contributed by atoms with Crippen LogP contribution < -0.4 is 0 Å². The van der Waals surface area contributed by atoms with E-state index in [2.05, 4.69) is 0 Å². The zero-order valence-corrected chi connectivity index (χ0v) is 9.54. The molecule has 0 saturated heterocycles. The molecule has 1 N–H and O–H groups in total. The molecule has 0 spiro atoms. The molecular weight excluding hydrogens is 216 g/mol. The molecule has 0 bridgehead atoms. The zero-order valence-electron chi connectivity index (χ0n) is 9.54. The summed E-state index contributed by atoms with van der Waals surface area (Å²) in [5, 5.41) is 10.7. The van der Waals surface area contributed by atoms with Gasteiger partial charge in [-0.2, -0.15) is 0 Å². The Morgan fingerprint density at radius 1 is 1.24 bits per heavy atom. The number of ether oxygens (including phenoxy) is 1. The van der Waals surface area contributed by atoms with Crippen LogP contribution in [0.25, 0.3) is 0 Å². The normalized spacial score (nSPS) is 18.0. The topological polar surface area (TPSA) is 46.5 Å². The average molecular weight is 230 g/mol. The summed E-state index contributed by atoms with van der Waals surface area (Å²) in [5.41, 5.74) is -1.12. The maximum Gasteiger partial charge on any atom is 0.343 e. The van der Waals surface area contributed by atoms with Gasteiger partial charge < -0.3 is 9.84 Å². The van der Waals surface area contributed by atoms with Gasteiger partial charge in [0.2, 0.25) is 0 Å². The van der Waals surface area contributed by atoms with E-state index >= 15 is 0 Å². The van der Waals surface area contributed by atoms with E-state index in [9.17, 15) is 9.90 Å². The van der Waals surface area contributed by atoms with Gasteiger partial charge in [-0.3, -0.25) is 0 Å². The molecule has 0 aliphatic heterocycles. The Kier molecular flexibility index (Phi) is 3.11. The van der Waals surface area contributed by atoms with E-state index in [0.29, 0.717) is 5.56 Å². The highest BCUT2D eigenvalue weighted by Crippen LogP contribution is 2.34. The molecule has 1 atom stereocenters. The minimum Gasteiger partial charge on any atom is -0.467 e. The van der Waals surface area contributed by atoms with Gasteiger partial charge in [-0.25, -0.2) is 4.79 Å². The van der Waals surface area contributed by atoms with Gasteiger partial charge in [0.05, 0.1) is 7.11 Å². The van der Waals surface area contributed by atoms with Gasteiger partial charge in [-0.15, -0.1) is 0 Å². The van der Waals surface area contributed by atoms with E-state index in [-0.39, 0.29) is 0 Å². The molecule has 2 rings (SSSR count). The maximum atomic E-state index is 11.9. The number of aliphatic hydroxyl groups is 1. The smallest absolute Gasteiger partial charge is 0.343 e. The van der Waals surface area contributed by atoms with Crippen molar-refractivity contribution in [3.05, 3.63) is 60.2 Å². The second-order valence-corrected chi connectivity index (χ2v) is 3.92. The molecule has 88 valence electrons.